The normalized spacial score (nSPS) is 24.0. The fraction of sp³-hybridized carbons (Fsp3) is 0.667. The van der Waals surface area contributed by atoms with Gasteiger partial charge in [0.05, 0.1) is 13.2 Å². The third kappa shape index (κ3) is 5.17. The van der Waals surface area contributed by atoms with Crippen LogP contribution in [0.2, 0.25) is 0 Å². The van der Waals surface area contributed by atoms with E-state index in [-0.39, 0.29) is 12.1 Å². The zero-order valence-corrected chi connectivity index (χ0v) is 11.3. The third-order valence-electron chi connectivity index (χ3n) is 3.17. The van der Waals surface area contributed by atoms with Crippen LogP contribution in [-0.4, -0.2) is 31.9 Å². The summed E-state index contributed by atoms with van der Waals surface area (Å²) in [5.41, 5.74) is 0. The molecule has 4 heteroatoms. The highest BCUT2D eigenvalue weighted by Crippen LogP contribution is 2.14. The number of carbonyl (C=O) groups is 1. The summed E-state index contributed by atoms with van der Waals surface area (Å²) in [4.78, 5) is 11.7. The fourth-order valence-corrected chi connectivity index (χ4v) is 2.11. The maximum Gasteiger partial charge on any atom is 0.219 e. The largest absolute Gasteiger partial charge is 0.490 e. The quantitative estimate of drug-likeness (QED) is 0.548. The molecule has 1 fully saturated rings. The Bertz CT molecular complexity index is 340. The first kappa shape index (κ1) is 14.3. The van der Waals surface area contributed by atoms with Gasteiger partial charge in [0.15, 0.2) is 12.0 Å². The van der Waals surface area contributed by atoms with E-state index in [0.29, 0.717) is 19.0 Å². The van der Waals surface area contributed by atoms with Gasteiger partial charge in [0.1, 0.15) is 0 Å². The molecule has 0 aliphatic carbocycles. The molecule has 106 valence electrons. The molecule has 0 saturated carbocycles. The van der Waals surface area contributed by atoms with E-state index in [1.807, 2.05) is 12.2 Å². The van der Waals surface area contributed by atoms with Gasteiger partial charge in [0, 0.05) is 6.61 Å². The van der Waals surface area contributed by atoms with E-state index in [1.165, 1.54) is 6.42 Å². The Labute approximate surface area is 114 Å². The average molecular weight is 266 g/mol. The summed E-state index contributed by atoms with van der Waals surface area (Å²) < 4.78 is 16.3. The van der Waals surface area contributed by atoms with E-state index in [4.69, 9.17) is 14.2 Å². The molecule has 0 radical (unpaired) electrons. The minimum atomic E-state index is -0.0535. The van der Waals surface area contributed by atoms with Crippen molar-refractivity contribution in [2.24, 2.45) is 0 Å². The predicted molar refractivity (Wildman–Crippen MR) is 71.6 cm³/mol. The second-order valence-corrected chi connectivity index (χ2v) is 4.78. The van der Waals surface area contributed by atoms with Crippen LogP contribution >= 0.6 is 0 Å². The van der Waals surface area contributed by atoms with Crippen molar-refractivity contribution >= 4 is 5.78 Å². The van der Waals surface area contributed by atoms with Crippen molar-refractivity contribution < 1.29 is 19.0 Å². The molecule has 1 unspecified atom stereocenters. The smallest absolute Gasteiger partial charge is 0.219 e. The highest BCUT2D eigenvalue weighted by molar-refractivity contribution is 6.02. The molecular formula is C15H22O4. The molecule has 2 aliphatic rings. The maximum absolute atomic E-state index is 11.7. The van der Waals surface area contributed by atoms with Crippen LogP contribution < -0.4 is 0 Å². The molecule has 19 heavy (non-hydrogen) atoms. The van der Waals surface area contributed by atoms with Gasteiger partial charge in [-0.2, -0.15) is 0 Å². The van der Waals surface area contributed by atoms with E-state index in [0.717, 1.165) is 38.7 Å². The fourth-order valence-electron chi connectivity index (χ4n) is 2.11. The van der Waals surface area contributed by atoms with Crippen LogP contribution in [-0.2, 0) is 19.0 Å². The molecule has 0 N–H and O–H groups in total. The van der Waals surface area contributed by atoms with Gasteiger partial charge >= 0.3 is 0 Å². The lowest BCUT2D eigenvalue weighted by molar-refractivity contribution is -0.161. The lowest BCUT2D eigenvalue weighted by Crippen LogP contribution is -2.22. The van der Waals surface area contributed by atoms with Crippen LogP contribution in [0.1, 0.15) is 38.5 Å². The molecule has 1 atom stereocenters. The Morgan fingerprint density at radius 3 is 3.05 bits per heavy atom. The van der Waals surface area contributed by atoms with Gasteiger partial charge in [-0.05, 0) is 50.7 Å². The first-order valence-corrected chi connectivity index (χ1v) is 7.13. The van der Waals surface area contributed by atoms with Crippen LogP contribution in [0.5, 0.6) is 0 Å². The molecule has 1 saturated heterocycles. The highest BCUT2D eigenvalue weighted by atomic mass is 16.7. The molecule has 0 aromatic carbocycles. The first-order chi connectivity index (χ1) is 9.36. The molecule has 0 amide bonds. The molecule has 2 rings (SSSR count). The van der Waals surface area contributed by atoms with Crippen LogP contribution in [0.4, 0.5) is 0 Å². The van der Waals surface area contributed by atoms with E-state index in [2.05, 4.69) is 0 Å². The lowest BCUT2D eigenvalue weighted by atomic mass is 10.2. The Morgan fingerprint density at radius 2 is 2.32 bits per heavy atom. The summed E-state index contributed by atoms with van der Waals surface area (Å²) in [6.07, 6.45) is 11.1. The minimum absolute atomic E-state index is 0.0476. The third-order valence-corrected chi connectivity index (χ3v) is 3.17. The van der Waals surface area contributed by atoms with Crippen molar-refractivity contribution in [2.75, 3.05) is 19.8 Å². The van der Waals surface area contributed by atoms with Crippen LogP contribution in [0.15, 0.2) is 24.0 Å². The predicted octanol–water partition coefficient (Wildman–Crippen LogP) is 2.74. The van der Waals surface area contributed by atoms with Crippen LogP contribution in [0.3, 0.4) is 0 Å². The number of hydrogen-bond acceptors (Lipinski definition) is 4. The molecule has 0 aromatic rings. The Kier molecular flexibility index (Phi) is 6.11. The number of allylic oxidation sites excluding steroid dienone is 2. The number of rotatable bonds is 6. The van der Waals surface area contributed by atoms with Crippen LogP contribution in [0.25, 0.3) is 0 Å². The molecule has 2 aliphatic heterocycles. The summed E-state index contributed by atoms with van der Waals surface area (Å²) >= 11 is 0. The highest BCUT2D eigenvalue weighted by Gasteiger charge is 2.13. The summed E-state index contributed by atoms with van der Waals surface area (Å²) in [6, 6.07) is 0. The van der Waals surface area contributed by atoms with E-state index >= 15 is 0 Å². The van der Waals surface area contributed by atoms with Crippen molar-refractivity contribution in [1.82, 2.24) is 0 Å². The second-order valence-electron chi connectivity index (χ2n) is 4.78. The molecule has 0 aromatic heterocycles. The van der Waals surface area contributed by atoms with Crippen molar-refractivity contribution in [2.45, 2.75) is 44.8 Å². The van der Waals surface area contributed by atoms with Gasteiger partial charge < -0.3 is 14.2 Å². The summed E-state index contributed by atoms with van der Waals surface area (Å²) in [5, 5.41) is 0. The average Bonchev–Trinajstić information content (AvgIpc) is 2.49. The van der Waals surface area contributed by atoms with Gasteiger partial charge in [-0.3, -0.25) is 4.79 Å². The van der Waals surface area contributed by atoms with Gasteiger partial charge in [-0.1, -0.05) is 6.08 Å². The van der Waals surface area contributed by atoms with Crippen molar-refractivity contribution in [1.29, 1.82) is 0 Å². The lowest BCUT2D eigenvalue weighted by Gasteiger charge is -2.22. The van der Waals surface area contributed by atoms with Crippen molar-refractivity contribution in [3.8, 4) is 0 Å². The van der Waals surface area contributed by atoms with E-state index in [1.54, 1.807) is 6.08 Å². The molecule has 4 nitrogen and oxygen atoms in total. The molecule has 0 bridgehead atoms. The zero-order valence-electron chi connectivity index (χ0n) is 11.3. The van der Waals surface area contributed by atoms with Gasteiger partial charge in [0.25, 0.3) is 0 Å². The zero-order chi connectivity index (χ0) is 13.3. The summed E-state index contributed by atoms with van der Waals surface area (Å²) in [7, 11) is 0. The summed E-state index contributed by atoms with van der Waals surface area (Å²) in [6.45, 7) is 2.03. The molecular weight excluding hydrogens is 244 g/mol. The minimum Gasteiger partial charge on any atom is -0.490 e. The number of carbonyl (C=O) groups excluding carboxylic acids is 1. The first-order valence-electron chi connectivity index (χ1n) is 7.13. The monoisotopic (exact) mass is 266 g/mol. The number of ketones is 1. The van der Waals surface area contributed by atoms with E-state index in [9.17, 15) is 4.79 Å². The topological polar surface area (TPSA) is 44.8 Å². The number of hydrogen-bond donors (Lipinski definition) is 0. The standard InChI is InChI=1S/C15H22O4/c16-13(14-8-2-5-10-17-14)7-1-4-11-18-15-9-3-6-12-19-15/h1,7-8,15H,2-6,9-12H2/b7-1+. The van der Waals surface area contributed by atoms with Crippen molar-refractivity contribution in [3.63, 3.8) is 0 Å². The maximum atomic E-state index is 11.7. The Morgan fingerprint density at radius 1 is 1.37 bits per heavy atom. The van der Waals surface area contributed by atoms with E-state index < -0.39 is 0 Å². The summed E-state index contributed by atoms with van der Waals surface area (Å²) in [5.74, 6) is 0.438. The van der Waals surface area contributed by atoms with Crippen LogP contribution in [0, 0.1) is 0 Å². The van der Waals surface area contributed by atoms with Gasteiger partial charge in [0.2, 0.25) is 5.78 Å². The Balaban J connectivity index is 1.60. The molecule has 2 heterocycles. The van der Waals surface area contributed by atoms with Gasteiger partial charge in [-0.15, -0.1) is 0 Å². The Hall–Kier alpha value is -1.13. The molecule has 0 spiro atoms. The number of ether oxygens (including phenoxy) is 3. The second kappa shape index (κ2) is 8.12. The van der Waals surface area contributed by atoms with Gasteiger partial charge in [-0.25, -0.2) is 0 Å². The SMILES string of the molecule is O=C(/C=C/CCOC1CCCCO1)C1=CCCCO1. The van der Waals surface area contributed by atoms with Crippen molar-refractivity contribution in [3.05, 3.63) is 24.0 Å².